The van der Waals surface area contributed by atoms with E-state index in [1.807, 2.05) is 24.3 Å². The number of benzene rings is 2. The van der Waals surface area contributed by atoms with Gasteiger partial charge in [0.2, 0.25) is 5.91 Å². The van der Waals surface area contributed by atoms with E-state index in [2.05, 4.69) is 4.98 Å². The number of carbonyl (C=O) groups is 1. The van der Waals surface area contributed by atoms with Crippen molar-refractivity contribution in [2.24, 2.45) is 0 Å². The third-order valence-corrected chi connectivity index (χ3v) is 5.19. The molecule has 0 unspecified atom stereocenters. The van der Waals surface area contributed by atoms with Gasteiger partial charge in [-0.2, -0.15) is 0 Å². The van der Waals surface area contributed by atoms with Crippen LogP contribution in [-0.4, -0.2) is 33.4 Å². The molecule has 0 aliphatic carbocycles. The zero-order chi connectivity index (χ0) is 19.0. The summed E-state index contributed by atoms with van der Waals surface area (Å²) >= 11 is 0. The molecule has 5 nitrogen and oxygen atoms in total. The fraction of sp³-hybridized carbons (Fsp3) is 0.286. The third kappa shape index (κ3) is 3.23. The average molecular weight is 365 g/mol. The molecule has 3 aromatic rings. The van der Waals surface area contributed by atoms with E-state index in [0.29, 0.717) is 35.4 Å². The standard InChI is InChI=1S/C21H20FN3O2/c1-14-21(27)25(19-9-5-4-8-18(19)23-14)13-20(26)24-11-10-15(12-24)16-6-2-3-7-17(16)22/h2-9,15H,10-13H2,1H3/t15-/m1/s1. The van der Waals surface area contributed by atoms with Crippen LogP contribution < -0.4 is 5.56 Å². The molecule has 2 aromatic carbocycles. The van der Waals surface area contributed by atoms with Crippen molar-refractivity contribution in [3.8, 4) is 0 Å². The highest BCUT2D eigenvalue weighted by Crippen LogP contribution is 2.29. The fourth-order valence-electron chi connectivity index (χ4n) is 3.76. The van der Waals surface area contributed by atoms with Gasteiger partial charge in [-0.05, 0) is 37.1 Å². The van der Waals surface area contributed by atoms with E-state index in [0.717, 1.165) is 6.42 Å². The highest BCUT2D eigenvalue weighted by atomic mass is 19.1. The SMILES string of the molecule is Cc1nc2ccccc2n(CC(=O)N2CC[C@@H](c3ccccc3F)C2)c1=O. The maximum atomic E-state index is 14.0. The van der Waals surface area contributed by atoms with E-state index < -0.39 is 0 Å². The van der Waals surface area contributed by atoms with Gasteiger partial charge >= 0.3 is 0 Å². The molecule has 4 rings (SSSR count). The Morgan fingerprint density at radius 2 is 1.93 bits per heavy atom. The molecule has 0 radical (unpaired) electrons. The summed E-state index contributed by atoms with van der Waals surface area (Å²) in [5, 5.41) is 0. The van der Waals surface area contributed by atoms with Crippen LogP contribution in [0.2, 0.25) is 0 Å². The van der Waals surface area contributed by atoms with Crippen LogP contribution in [0.1, 0.15) is 23.6 Å². The number of para-hydroxylation sites is 2. The van der Waals surface area contributed by atoms with Crippen molar-refractivity contribution in [3.05, 3.63) is 76.0 Å². The molecule has 6 heteroatoms. The third-order valence-electron chi connectivity index (χ3n) is 5.19. The largest absolute Gasteiger partial charge is 0.341 e. The Morgan fingerprint density at radius 1 is 1.19 bits per heavy atom. The predicted molar refractivity (Wildman–Crippen MR) is 101 cm³/mol. The van der Waals surface area contributed by atoms with E-state index in [-0.39, 0.29) is 29.7 Å². The first-order chi connectivity index (χ1) is 13.0. The van der Waals surface area contributed by atoms with Crippen molar-refractivity contribution in [3.63, 3.8) is 0 Å². The monoisotopic (exact) mass is 365 g/mol. The zero-order valence-corrected chi connectivity index (χ0v) is 15.1. The molecule has 0 bridgehead atoms. The fourth-order valence-corrected chi connectivity index (χ4v) is 3.76. The molecular weight excluding hydrogens is 345 g/mol. The summed E-state index contributed by atoms with van der Waals surface area (Å²) in [5.74, 6) is -0.377. The van der Waals surface area contributed by atoms with Crippen molar-refractivity contribution in [1.29, 1.82) is 0 Å². The molecule has 0 N–H and O–H groups in total. The summed E-state index contributed by atoms with van der Waals surface area (Å²) < 4.78 is 15.5. The molecule has 1 aliphatic rings. The Balaban J connectivity index is 1.57. The number of amides is 1. The summed E-state index contributed by atoms with van der Waals surface area (Å²) in [4.78, 5) is 31.4. The number of carbonyl (C=O) groups excluding carboxylic acids is 1. The van der Waals surface area contributed by atoms with Gasteiger partial charge in [0.05, 0.1) is 11.0 Å². The molecule has 1 atom stereocenters. The van der Waals surface area contributed by atoms with Crippen LogP contribution >= 0.6 is 0 Å². The summed E-state index contributed by atoms with van der Waals surface area (Å²) in [7, 11) is 0. The lowest BCUT2D eigenvalue weighted by Crippen LogP contribution is -2.36. The Hall–Kier alpha value is -3.02. The molecule has 0 spiro atoms. The van der Waals surface area contributed by atoms with E-state index in [1.54, 1.807) is 30.0 Å². The van der Waals surface area contributed by atoms with Gasteiger partial charge in [-0.3, -0.25) is 14.2 Å². The number of likely N-dealkylation sites (tertiary alicyclic amines) is 1. The van der Waals surface area contributed by atoms with E-state index >= 15 is 0 Å². The van der Waals surface area contributed by atoms with E-state index in [4.69, 9.17) is 0 Å². The van der Waals surface area contributed by atoms with Gasteiger partial charge in [0, 0.05) is 19.0 Å². The van der Waals surface area contributed by atoms with Gasteiger partial charge in [0.25, 0.3) is 5.56 Å². The average Bonchev–Trinajstić information content (AvgIpc) is 3.16. The second kappa shape index (κ2) is 6.95. The number of halogens is 1. The van der Waals surface area contributed by atoms with E-state index in [1.165, 1.54) is 10.6 Å². The molecule has 1 aliphatic heterocycles. The van der Waals surface area contributed by atoms with E-state index in [9.17, 15) is 14.0 Å². The Kier molecular flexibility index (Phi) is 4.48. The molecule has 2 heterocycles. The minimum absolute atomic E-state index is 0.0113. The van der Waals surface area contributed by atoms with Crippen LogP contribution in [0.25, 0.3) is 11.0 Å². The molecule has 27 heavy (non-hydrogen) atoms. The van der Waals surface area contributed by atoms with Crippen LogP contribution in [0.3, 0.4) is 0 Å². The van der Waals surface area contributed by atoms with Crippen LogP contribution in [0.4, 0.5) is 4.39 Å². The van der Waals surface area contributed by atoms with Gasteiger partial charge in [-0.15, -0.1) is 0 Å². The number of rotatable bonds is 3. The summed E-state index contributed by atoms with van der Waals surface area (Å²) in [6.45, 7) is 2.65. The number of nitrogens with zero attached hydrogens (tertiary/aromatic N) is 3. The summed E-state index contributed by atoms with van der Waals surface area (Å²) in [6, 6.07) is 14.0. The van der Waals surface area contributed by atoms with Crippen molar-refractivity contribution >= 4 is 16.9 Å². The highest BCUT2D eigenvalue weighted by Gasteiger charge is 2.29. The Morgan fingerprint density at radius 3 is 2.74 bits per heavy atom. The molecule has 1 saturated heterocycles. The first-order valence-electron chi connectivity index (χ1n) is 9.03. The lowest BCUT2D eigenvalue weighted by atomic mass is 9.98. The van der Waals surface area contributed by atoms with Crippen LogP contribution in [-0.2, 0) is 11.3 Å². The number of aryl methyl sites for hydroxylation is 1. The number of hydrogen-bond acceptors (Lipinski definition) is 3. The quantitative estimate of drug-likeness (QED) is 0.717. The first kappa shape index (κ1) is 17.4. The second-order valence-electron chi connectivity index (χ2n) is 6.92. The van der Waals surface area contributed by atoms with Gasteiger partial charge in [0.15, 0.2) is 0 Å². The highest BCUT2D eigenvalue weighted by molar-refractivity contribution is 5.80. The van der Waals surface area contributed by atoms with Gasteiger partial charge in [-0.25, -0.2) is 9.37 Å². The van der Waals surface area contributed by atoms with Crippen LogP contribution in [0.5, 0.6) is 0 Å². The maximum absolute atomic E-state index is 14.0. The topological polar surface area (TPSA) is 55.2 Å². The van der Waals surface area contributed by atoms with Crippen LogP contribution in [0, 0.1) is 12.7 Å². The number of hydrogen-bond donors (Lipinski definition) is 0. The van der Waals surface area contributed by atoms with Gasteiger partial charge in [0.1, 0.15) is 18.1 Å². The predicted octanol–water partition coefficient (Wildman–Crippen LogP) is 2.86. The van der Waals surface area contributed by atoms with Crippen molar-refractivity contribution in [2.75, 3.05) is 13.1 Å². The first-order valence-corrected chi connectivity index (χ1v) is 9.03. The molecular formula is C21H20FN3O2. The normalized spacial score (nSPS) is 16.8. The Bertz CT molecular complexity index is 1080. The second-order valence-corrected chi connectivity index (χ2v) is 6.92. The maximum Gasteiger partial charge on any atom is 0.272 e. The van der Waals surface area contributed by atoms with Crippen molar-refractivity contribution in [2.45, 2.75) is 25.8 Å². The minimum atomic E-state index is -0.257. The zero-order valence-electron chi connectivity index (χ0n) is 15.1. The summed E-state index contributed by atoms with van der Waals surface area (Å²) in [6.07, 6.45) is 0.720. The molecule has 1 amide bonds. The minimum Gasteiger partial charge on any atom is -0.341 e. The summed E-state index contributed by atoms with van der Waals surface area (Å²) in [5.41, 5.74) is 2.09. The lowest BCUT2D eigenvalue weighted by Gasteiger charge is -2.19. The Labute approximate surface area is 156 Å². The molecule has 0 saturated carbocycles. The van der Waals surface area contributed by atoms with Crippen molar-refractivity contribution in [1.82, 2.24) is 14.5 Å². The number of aromatic nitrogens is 2. The lowest BCUT2D eigenvalue weighted by molar-refractivity contribution is -0.130. The molecule has 1 fully saturated rings. The van der Waals surface area contributed by atoms with Crippen molar-refractivity contribution < 1.29 is 9.18 Å². The smallest absolute Gasteiger partial charge is 0.272 e. The van der Waals surface area contributed by atoms with Gasteiger partial charge < -0.3 is 4.90 Å². The molecule has 1 aromatic heterocycles. The van der Waals surface area contributed by atoms with Gasteiger partial charge in [-0.1, -0.05) is 30.3 Å². The molecule has 138 valence electrons. The van der Waals surface area contributed by atoms with Crippen LogP contribution in [0.15, 0.2) is 53.3 Å². The number of fused-ring (bicyclic) bond motifs is 1.